The number of rotatable bonds is 4. The zero-order valence-corrected chi connectivity index (χ0v) is 9.78. The molecule has 10 nitrogen and oxygen atoms in total. The quantitative estimate of drug-likeness (QED) is 0.477. The van der Waals surface area contributed by atoms with Gasteiger partial charge in [-0.1, -0.05) is 0 Å². The fraction of sp³-hybridized carbons (Fsp3) is 0. The summed E-state index contributed by atoms with van der Waals surface area (Å²) in [6.07, 6.45) is 2.60. The minimum atomic E-state index is -0.672. The molecule has 2 aromatic heterocycles. The van der Waals surface area contributed by atoms with E-state index in [4.69, 9.17) is 0 Å². The maximum atomic E-state index is 10.7. The summed E-state index contributed by atoms with van der Waals surface area (Å²) in [7, 11) is 0. The van der Waals surface area contributed by atoms with E-state index in [0.29, 0.717) is 0 Å². The fourth-order valence-electron chi connectivity index (χ4n) is 1.31. The fourth-order valence-corrected chi connectivity index (χ4v) is 1.31. The summed E-state index contributed by atoms with van der Waals surface area (Å²) in [5.41, 5.74) is -0.704. The molecule has 0 atom stereocenters. The van der Waals surface area contributed by atoms with Gasteiger partial charge in [-0.3, -0.25) is 20.2 Å². The number of nitrogens with zero attached hydrogens (tertiary/aromatic N) is 6. The zero-order chi connectivity index (χ0) is 14.5. The van der Waals surface area contributed by atoms with Crippen LogP contribution in [0.3, 0.4) is 0 Å². The van der Waals surface area contributed by atoms with Gasteiger partial charge in [-0.25, -0.2) is 9.97 Å². The van der Waals surface area contributed by atoms with Crippen molar-refractivity contribution in [2.75, 3.05) is 0 Å². The third-order valence-electron chi connectivity index (χ3n) is 2.16. The lowest BCUT2D eigenvalue weighted by Gasteiger charge is -1.95. The summed E-state index contributed by atoms with van der Waals surface area (Å²) in [5, 5.41) is 28.6. The standard InChI is InChI=1S/C10H6N6O4/c17-15(18)7-3-1-5-11-9(7)13-14-10-8(16(19)20)4-2-6-12-10/h1-6H/b14-13+. The van der Waals surface area contributed by atoms with Gasteiger partial charge in [0.25, 0.3) is 11.6 Å². The van der Waals surface area contributed by atoms with E-state index in [9.17, 15) is 20.2 Å². The van der Waals surface area contributed by atoms with Gasteiger partial charge in [-0.05, 0) is 12.1 Å². The Kier molecular flexibility index (Phi) is 3.65. The van der Waals surface area contributed by atoms with Crippen LogP contribution >= 0.6 is 0 Å². The number of azo groups is 1. The minimum absolute atomic E-state index is 0.252. The molecule has 2 rings (SSSR count). The maximum Gasteiger partial charge on any atom is 0.315 e. The topological polar surface area (TPSA) is 137 Å². The Balaban J connectivity index is 2.40. The Hall–Kier alpha value is -3.30. The highest BCUT2D eigenvalue weighted by atomic mass is 16.6. The third-order valence-corrected chi connectivity index (χ3v) is 2.16. The molecule has 0 aliphatic rings. The van der Waals surface area contributed by atoms with E-state index < -0.39 is 9.85 Å². The molecular weight excluding hydrogens is 268 g/mol. The molecular formula is C10H6N6O4. The number of hydrogen-bond acceptors (Lipinski definition) is 8. The summed E-state index contributed by atoms with van der Waals surface area (Å²) in [6, 6.07) is 5.16. The van der Waals surface area contributed by atoms with E-state index in [1.807, 2.05) is 0 Å². The van der Waals surface area contributed by atoms with Crippen molar-refractivity contribution in [2.45, 2.75) is 0 Å². The Morgan fingerprint density at radius 1 is 0.850 bits per heavy atom. The van der Waals surface area contributed by atoms with E-state index in [1.165, 1.54) is 36.7 Å². The first-order valence-electron chi connectivity index (χ1n) is 5.20. The normalized spacial score (nSPS) is 10.6. The smallest absolute Gasteiger partial charge is 0.258 e. The van der Waals surface area contributed by atoms with E-state index in [1.54, 1.807) is 0 Å². The highest BCUT2D eigenvalue weighted by Crippen LogP contribution is 2.28. The van der Waals surface area contributed by atoms with Gasteiger partial charge >= 0.3 is 11.4 Å². The Bertz CT molecular complexity index is 642. The second kappa shape index (κ2) is 5.56. The van der Waals surface area contributed by atoms with Crippen LogP contribution in [-0.4, -0.2) is 19.8 Å². The molecule has 0 spiro atoms. The second-order valence-corrected chi connectivity index (χ2v) is 3.41. The van der Waals surface area contributed by atoms with Crippen LogP contribution in [-0.2, 0) is 0 Å². The molecule has 2 heterocycles. The number of hydrogen-bond donors (Lipinski definition) is 0. The summed E-state index contributed by atoms with van der Waals surface area (Å²) < 4.78 is 0. The van der Waals surface area contributed by atoms with Crippen LogP contribution in [0.4, 0.5) is 23.0 Å². The molecule has 0 amide bonds. The van der Waals surface area contributed by atoms with Gasteiger partial charge in [0.15, 0.2) is 0 Å². The first-order chi connectivity index (χ1) is 9.59. The lowest BCUT2D eigenvalue weighted by atomic mass is 10.4. The molecule has 0 radical (unpaired) electrons. The molecule has 0 aliphatic heterocycles. The lowest BCUT2D eigenvalue weighted by molar-refractivity contribution is -0.384. The van der Waals surface area contributed by atoms with Crippen molar-refractivity contribution in [3.8, 4) is 0 Å². The van der Waals surface area contributed by atoms with Crippen molar-refractivity contribution < 1.29 is 9.85 Å². The first-order valence-corrected chi connectivity index (χ1v) is 5.20. The number of nitro groups is 2. The highest BCUT2D eigenvalue weighted by Gasteiger charge is 2.16. The van der Waals surface area contributed by atoms with Gasteiger partial charge in [0, 0.05) is 24.5 Å². The molecule has 0 aromatic carbocycles. The SMILES string of the molecule is O=[N+]([O-])c1cccnc1/N=N/c1ncccc1[N+](=O)[O-]. The number of aromatic nitrogens is 2. The Labute approximate surface area is 111 Å². The maximum absolute atomic E-state index is 10.7. The minimum Gasteiger partial charge on any atom is -0.258 e. The average Bonchev–Trinajstić information content (AvgIpc) is 2.45. The van der Waals surface area contributed by atoms with Gasteiger partial charge in [-0.2, -0.15) is 0 Å². The predicted octanol–water partition coefficient (Wildman–Crippen LogP) is 2.71. The van der Waals surface area contributed by atoms with Crippen LogP contribution in [0.1, 0.15) is 0 Å². The van der Waals surface area contributed by atoms with Crippen molar-refractivity contribution in [2.24, 2.45) is 10.2 Å². The van der Waals surface area contributed by atoms with Crippen LogP contribution in [0, 0.1) is 20.2 Å². The second-order valence-electron chi connectivity index (χ2n) is 3.41. The molecule has 2 aromatic rings. The summed E-state index contributed by atoms with van der Waals surface area (Å²) in [4.78, 5) is 27.5. The summed E-state index contributed by atoms with van der Waals surface area (Å²) >= 11 is 0. The average molecular weight is 274 g/mol. The van der Waals surface area contributed by atoms with Crippen molar-refractivity contribution in [1.29, 1.82) is 0 Å². The Morgan fingerprint density at radius 2 is 1.25 bits per heavy atom. The van der Waals surface area contributed by atoms with E-state index in [0.717, 1.165) is 0 Å². The van der Waals surface area contributed by atoms with Crippen molar-refractivity contribution in [3.05, 3.63) is 56.9 Å². The Morgan fingerprint density at radius 3 is 1.60 bits per heavy atom. The highest BCUT2D eigenvalue weighted by molar-refractivity contribution is 5.53. The largest absolute Gasteiger partial charge is 0.315 e. The molecule has 20 heavy (non-hydrogen) atoms. The molecule has 0 aliphatic carbocycles. The van der Waals surface area contributed by atoms with Gasteiger partial charge < -0.3 is 0 Å². The van der Waals surface area contributed by atoms with E-state index in [2.05, 4.69) is 20.2 Å². The van der Waals surface area contributed by atoms with E-state index >= 15 is 0 Å². The van der Waals surface area contributed by atoms with Crippen LogP contribution in [0.2, 0.25) is 0 Å². The number of pyridine rings is 2. The first kappa shape index (κ1) is 13.1. The summed E-state index contributed by atoms with van der Waals surface area (Å²) in [6.45, 7) is 0. The molecule has 10 heteroatoms. The molecule has 0 unspecified atom stereocenters. The van der Waals surface area contributed by atoms with E-state index in [-0.39, 0.29) is 23.0 Å². The molecule has 0 saturated carbocycles. The molecule has 0 saturated heterocycles. The van der Waals surface area contributed by atoms with Crippen LogP contribution in [0.25, 0.3) is 0 Å². The van der Waals surface area contributed by atoms with Crippen LogP contribution in [0.5, 0.6) is 0 Å². The van der Waals surface area contributed by atoms with Crippen molar-refractivity contribution >= 4 is 23.0 Å². The third kappa shape index (κ3) is 2.75. The molecule has 0 N–H and O–H groups in total. The van der Waals surface area contributed by atoms with Crippen molar-refractivity contribution in [3.63, 3.8) is 0 Å². The van der Waals surface area contributed by atoms with Crippen molar-refractivity contribution in [1.82, 2.24) is 9.97 Å². The molecule has 100 valence electrons. The predicted molar refractivity (Wildman–Crippen MR) is 66.0 cm³/mol. The summed E-state index contributed by atoms with van der Waals surface area (Å²) in [5.74, 6) is -0.505. The molecule has 0 fully saturated rings. The van der Waals surface area contributed by atoms with Gasteiger partial charge in [0.05, 0.1) is 9.85 Å². The molecule has 0 bridgehead atoms. The van der Waals surface area contributed by atoms with Crippen LogP contribution in [0.15, 0.2) is 46.9 Å². The monoisotopic (exact) mass is 274 g/mol. The van der Waals surface area contributed by atoms with Gasteiger partial charge in [0.2, 0.25) is 0 Å². The zero-order valence-electron chi connectivity index (χ0n) is 9.78. The van der Waals surface area contributed by atoms with Gasteiger partial charge in [-0.15, -0.1) is 10.2 Å². The lowest BCUT2D eigenvalue weighted by Crippen LogP contribution is -1.90. The van der Waals surface area contributed by atoms with Crippen LogP contribution < -0.4 is 0 Å². The van der Waals surface area contributed by atoms with Gasteiger partial charge in [0.1, 0.15) is 0 Å².